The lowest BCUT2D eigenvalue weighted by Gasteiger charge is -2.05. The quantitative estimate of drug-likeness (QED) is 0.599. The molecule has 1 rings (SSSR count). The molecule has 7 nitrogen and oxygen atoms in total. The Labute approximate surface area is 99.4 Å². The predicted molar refractivity (Wildman–Crippen MR) is 62.9 cm³/mol. The van der Waals surface area contributed by atoms with E-state index in [2.05, 4.69) is 15.7 Å². The van der Waals surface area contributed by atoms with E-state index in [9.17, 15) is 9.59 Å². The molecule has 0 radical (unpaired) electrons. The largest absolute Gasteiger partial charge is 0.396 e. The van der Waals surface area contributed by atoms with Crippen LogP contribution in [0, 0.1) is 0 Å². The average molecular weight is 239 g/mol. The third-order valence-electron chi connectivity index (χ3n) is 2.01. The summed E-state index contributed by atoms with van der Waals surface area (Å²) in [5.41, 5.74) is 5.97. The highest BCUT2D eigenvalue weighted by Crippen LogP contribution is 1.96. The Kier molecular flexibility index (Phi) is 4.99. The Hall–Kier alpha value is -2.05. The first-order valence-electron chi connectivity index (χ1n) is 5.43. The summed E-state index contributed by atoms with van der Waals surface area (Å²) in [6.45, 7) is 2.87. The van der Waals surface area contributed by atoms with Crippen molar-refractivity contribution in [1.82, 2.24) is 20.4 Å². The van der Waals surface area contributed by atoms with Crippen LogP contribution in [0.1, 0.15) is 13.3 Å². The van der Waals surface area contributed by atoms with Crippen molar-refractivity contribution in [3.63, 3.8) is 0 Å². The highest BCUT2D eigenvalue weighted by Gasteiger charge is 2.04. The summed E-state index contributed by atoms with van der Waals surface area (Å²) in [5, 5.41) is 9.16. The van der Waals surface area contributed by atoms with Crippen LogP contribution in [0.2, 0.25) is 0 Å². The number of aromatic nitrogens is 2. The van der Waals surface area contributed by atoms with Crippen LogP contribution in [0.3, 0.4) is 0 Å². The van der Waals surface area contributed by atoms with E-state index in [4.69, 9.17) is 5.73 Å². The van der Waals surface area contributed by atoms with Crippen LogP contribution in [-0.4, -0.2) is 34.7 Å². The van der Waals surface area contributed by atoms with Gasteiger partial charge < -0.3 is 16.4 Å². The molecule has 1 heterocycles. The van der Waals surface area contributed by atoms with E-state index in [1.165, 1.54) is 10.9 Å². The first kappa shape index (κ1) is 13.0. The molecule has 0 bridgehead atoms. The summed E-state index contributed by atoms with van der Waals surface area (Å²) in [4.78, 5) is 22.5. The molecule has 0 saturated heterocycles. The van der Waals surface area contributed by atoms with E-state index in [-0.39, 0.29) is 24.8 Å². The number of nitrogens with one attached hydrogen (secondary N) is 2. The summed E-state index contributed by atoms with van der Waals surface area (Å²) in [6.07, 6.45) is 3.33. The van der Waals surface area contributed by atoms with Crippen molar-refractivity contribution in [3.05, 3.63) is 12.4 Å². The van der Waals surface area contributed by atoms with Crippen molar-refractivity contribution in [2.24, 2.45) is 0 Å². The molecule has 0 aromatic carbocycles. The highest BCUT2D eigenvalue weighted by molar-refractivity contribution is 5.78. The molecule has 0 atom stereocenters. The molecule has 1 aromatic rings. The van der Waals surface area contributed by atoms with Gasteiger partial charge in [0.2, 0.25) is 11.8 Å². The molecule has 2 amide bonds. The Morgan fingerprint density at radius 1 is 1.41 bits per heavy atom. The fourth-order valence-electron chi connectivity index (χ4n) is 1.27. The van der Waals surface area contributed by atoms with Crippen molar-refractivity contribution in [3.8, 4) is 0 Å². The van der Waals surface area contributed by atoms with Crippen molar-refractivity contribution in [1.29, 1.82) is 0 Å². The van der Waals surface area contributed by atoms with Gasteiger partial charge in [-0.3, -0.25) is 14.3 Å². The number of nitrogens with two attached hydrogens (primary N) is 1. The zero-order valence-electron chi connectivity index (χ0n) is 9.77. The number of hydrogen-bond donors (Lipinski definition) is 3. The number of carbonyl (C=O) groups excluding carboxylic acids is 2. The zero-order valence-corrected chi connectivity index (χ0v) is 9.77. The fourth-order valence-corrected chi connectivity index (χ4v) is 1.27. The zero-order chi connectivity index (χ0) is 12.7. The topological polar surface area (TPSA) is 102 Å². The van der Waals surface area contributed by atoms with Crippen molar-refractivity contribution < 1.29 is 9.59 Å². The lowest BCUT2D eigenvalue weighted by atomic mass is 10.4. The third-order valence-corrected chi connectivity index (χ3v) is 2.01. The number of anilines is 1. The molecule has 0 fully saturated rings. The van der Waals surface area contributed by atoms with Crippen LogP contribution in [-0.2, 0) is 16.1 Å². The Morgan fingerprint density at radius 3 is 2.76 bits per heavy atom. The van der Waals surface area contributed by atoms with Crippen LogP contribution < -0.4 is 16.4 Å². The van der Waals surface area contributed by atoms with Crippen molar-refractivity contribution >= 4 is 17.5 Å². The maximum atomic E-state index is 11.4. The smallest absolute Gasteiger partial charge is 0.241 e. The van der Waals surface area contributed by atoms with Gasteiger partial charge in [-0.05, 0) is 6.92 Å². The van der Waals surface area contributed by atoms with Gasteiger partial charge in [-0.15, -0.1) is 0 Å². The summed E-state index contributed by atoms with van der Waals surface area (Å²) in [5.74, 6) is -0.270. The summed E-state index contributed by atoms with van der Waals surface area (Å²) in [7, 11) is 0. The molecular weight excluding hydrogens is 222 g/mol. The molecule has 1 aromatic heterocycles. The molecular formula is C10H17N5O2. The van der Waals surface area contributed by atoms with Crippen molar-refractivity contribution in [2.75, 3.05) is 18.8 Å². The molecule has 0 spiro atoms. The van der Waals surface area contributed by atoms with Crippen LogP contribution in [0.5, 0.6) is 0 Å². The van der Waals surface area contributed by atoms with E-state index in [1.54, 1.807) is 6.20 Å². The summed E-state index contributed by atoms with van der Waals surface area (Å²) < 4.78 is 1.44. The van der Waals surface area contributed by atoms with E-state index in [1.807, 2.05) is 6.92 Å². The van der Waals surface area contributed by atoms with E-state index >= 15 is 0 Å². The average Bonchev–Trinajstić information content (AvgIpc) is 2.64. The van der Waals surface area contributed by atoms with Gasteiger partial charge in [0.1, 0.15) is 6.54 Å². The minimum atomic E-state index is -0.197. The Balaban J connectivity index is 2.19. The minimum absolute atomic E-state index is 0.0730. The fraction of sp³-hybridized carbons (Fsp3) is 0.500. The maximum Gasteiger partial charge on any atom is 0.241 e. The van der Waals surface area contributed by atoms with Crippen LogP contribution in [0.25, 0.3) is 0 Å². The van der Waals surface area contributed by atoms with Crippen LogP contribution >= 0.6 is 0 Å². The molecule has 0 aliphatic carbocycles. The Morgan fingerprint density at radius 2 is 2.18 bits per heavy atom. The monoisotopic (exact) mass is 239 g/mol. The first-order chi connectivity index (χ1) is 8.11. The lowest BCUT2D eigenvalue weighted by molar-refractivity contribution is -0.122. The number of amides is 2. The second-order valence-electron chi connectivity index (χ2n) is 3.52. The highest BCUT2D eigenvalue weighted by atomic mass is 16.2. The first-order valence-corrected chi connectivity index (χ1v) is 5.43. The molecule has 94 valence electrons. The normalized spacial score (nSPS) is 9.94. The van der Waals surface area contributed by atoms with E-state index in [0.717, 1.165) is 0 Å². The summed E-state index contributed by atoms with van der Waals surface area (Å²) in [6, 6.07) is 0. The third kappa shape index (κ3) is 5.01. The molecule has 0 saturated carbocycles. The van der Waals surface area contributed by atoms with Gasteiger partial charge in [0, 0.05) is 25.7 Å². The maximum absolute atomic E-state index is 11.4. The van der Waals surface area contributed by atoms with Gasteiger partial charge in [-0.1, -0.05) is 0 Å². The number of nitrogens with zero attached hydrogens (tertiary/aromatic N) is 2. The van der Waals surface area contributed by atoms with Crippen LogP contribution in [0.4, 0.5) is 5.69 Å². The Bertz CT molecular complexity index is 388. The molecule has 0 aliphatic heterocycles. The van der Waals surface area contributed by atoms with Gasteiger partial charge in [0.25, 0.3) is 0 Å². The molecule has 0 aliphatic rings. The van der Waals surface area contributed by atoms with E-state index < -0.39 is 0 Å². The lowest BCUT2D eigenvalue weighted by Crippen LogP contribution is -2.32. The molecule has 4 N–H and O–H groups in total. The molecule has 7 heteroatoms. The number of nitrogen functional groups attached to an aromatic ring is 1. The van der Waals surface area contributed by atoms with E-state index in [0.29, 0.717) is 18.8 Å². The minimum Gasteiger partial charge on any atom is -0.396 e. The van der Waals surface area contributed by atoms with Gasteiger partial charge in [0.15, 0.2) is 0 Å². The molecule has 17 heavy (non-hydrogen) atoms. The number of hydrogen-bond acceptors (Lipinski definition) is 4. The van der Waals surface area contributed by atoms with Gasteiger partial charge in [0.05, 0.1) is 11.9 Å². The second kappa shape index (κ2) is 6.51. The van der Waals surface area contributed by atoms with Gasteiger partial charge >= 0.3 is 0 Å². The van der Waals surface area contributed by atoms with Crippen LogP contribution in [0.15, 0.2) is 12.4 Å². The SMILES string of the molecule is CCNC(=O)CCNC(=O)Cn1cc(N)cn1. The standard InChI is InChI=1S/C10H17N5O2/c1-2-12-9(16)3-4-13-10(17)7-15-6-8(11)5-14-15/h5-6H,2-4,7,11H2,1H3,(H,12,16)(H,13,17). The second-order valence-corrected chi connectivity index (χ2v) is 3.52. The summed E-state index contributed by atoms with van der Waals surface area (Å²) >= 11 is 0. The van der Waals surface area contributed by atoms with Gasteiger partial charge in [-0.2, -0.15) is 5.10 Å². The van der Waals surface area contributed by atoms with Crippen molar-refractivity contribution in [2.45, 2.75) is 19.9 Å². The number of rotatable bonds is 6. The number of carbonyl (C=O) groups is 2. The van der Waals surface area contributed by atoms with Gasteiger partial charge in [-0.25, -0.2) is 0 Å². The predicted octanol–water partition coefficient (Wildman–Crippen LogP) is -0.892. The molecule has 0 unspecified atom stereocenters.